The molecule has 3 aromatic rings. The second kappa shape index (κ2) is 6.14. The highest BCUT2D eigenvalue weighted by Crippen LogP contribution is 2.22. The summed E-state index contributed by atoms with van der Waals surface area (Å²) in [7, 11) is 0. The van der Waals surface area contributed by atoms with E-state index >= 15 is 0 Å². The van der Waals surface area contributed by atoms with Crippen LogP contribution in [0.4, 0.5) is 0 Å². The number of hydrogen-bond acceptors (Lipinski definition) is 4. The van der Waals surface area contributed by atoms with E-state index in [0.717, 1.165) is 20.3 Å². The van der Waals surface area contributed by atoms with Crippen molar-refractivity contribution >= 4 is 38.6 Å². The van der Waals surface area contributed by atoms with E-state index in [9.17, 15) is 4.79 Å². The molecule has 2 N–H and O–H groups in total. The topological polar surface area (TPSA) is 60.9 Å². The van der Waals surface area contributed by atoms with Gasteiger partial charge in [0.15, 0.2) is 5.16 Å². The van der Waals surface area contributed by atoms with Crippen molar-refractivity contribution in [2.75, 3.05) is 5.84 Å². The summed E-state index contributed by atoms with van der Waals surface area (Å²) < 4.78 is 2.17. The lowest BCUT2D eigenvalue weighted by Crippen LogP contribution is -2.29. The Kier molecular flexibility index (Phi) is 4.22. The van der Waals surface area contributed by atoms with Crippen molar-refractivity contribution in [1.29, 1.82) is 0 Å². The predicted molar refractivity (Wildman–Crippen MR) is 94.6 cm³/mol. The average molecular weight is 376 g/mol. The largest absolute Gasteiger partial charge is 0.334 e. The van der Waals surface area contributed by atoms with Gasteiger partial charge in [0.25, 0.3) is 5.56 Å². The molecule has 1 heterocycles. The maximum absolute atomic E-state index is 12.3. The minimum atomic E-state index is -0.216. The zero-order valence-corrected chi connectivity index (χ0v) is 14.3. The summed E-state index contributed by atoms with van der Waals surface area (Å²) in [6, 6.07) is 13.6. The zero-order chi connectivity index (χ0) is 15.7. The molecule has 4 nitrogen and oxygen atoms in total. The number of nitrogens with two attached hydrogens (primary N) is 1. The van der Waals surface area contributed by atoms with Crippen LogP contribution in [0.1, 0.15) is 11.1 Å². The van der Waals surface area contributed by atoms with Crippen LogP contribution >= 0.6 is 27.7 Å². The first kappa shape index (κ1) is 15.1. The van der Waals surface area contributed by atoms with Crippen LogP contribution < -0.4 is 11.4 Å². The first-order chi connectivity index (χ1) is 10.5. The van der Waals surface area contributed by atoms with Crippen LogP contribution in [0.3, 0.4) is 0 Å². The lowest BCUT2D eigenvalue weighted by molar-refractivity contribution is 0.779. The van der Waals surface area contributed by atoms with Crippen LogP contribution in [-0.2, 0) is 5.75 Å². The molecule has 0 aliphatic rings. The van der Waals surface area contributed by atoms with Gasteiger partial charge in [-0.25, -0.2) is 9.66 Å². The van der Waals surface area contributed by atoms with E-state index in [1.165, 1.54) is 11.8 Å². The van der Waals surface area contributed by atoms with Gasteiger partial charge in [0.2, 0.25) is 0 Å². The summed E-state index contributed by atoms with van der Waals surface area (Å²) in [6.07, 6.45) is 0. The normalized spacial score (nSPS) is 11.0. The third kappa shape index (κ3) is 3.03. The molecule has 1 aromatic heterocycles. The minimum Gasteiger partial charge on any atom is -0.334 e. The average Bonchev–Trinajstić information content (AvgIpc) is 2.52. The monoisotopic (exact) mass is 375 g/mol. The molecule has 0 atom stereocenters. The molecule has 22 heavy (non-hydrogen) atoms. The highest BCUT2D eigenvalue weighted by atomic mass is 79.9. The van der Waals surface area contributed by atoms with Gasteiger partial charge in [-0.15, -0.1) is 0 Å². The first-order valence-corrected chi connectivity index (χ1v) is 8.48. The molecule has 0 saturated heterocycles. The molecule has 0 spiro atoms. The smallest absolute Gasteiger partial charge is 0.280 e. The molecule has 0 unspecified atom stereocenters. The molecule has 112 valence electrons. The van der Waals surface area contributed by atoms with Crippen molar-refractivity contribution in [2.24, 2.45) is 0 Å². The van der Waals surface area contributed by atoms with Crippen LogP contribution in [0.15, 0.2) is 56.9 Å². The van der Waals surface area contributed by atoms with Crippen LogP contribution in [0, 0.1) is 6.92 Å². The number of nitrogens with zero attached hydrogens (tertiary/aromatic N) is 2. The van der Waals surface area contributed by atoms with E-state index < -0.39 is 0 Å². The van der Waals surface area contributed by atoms with Gasteiger partial charge in [0.1, 0.15) is 0 Å². The summed E-state index contributed by atoms with van der Waals surface area (Å²) in [4.78, 5) is 16.8. The number of thioether (sulfide) groups is 1. The van der Waals surface area contributed by atoms with E-state index in [1.807, 2.05) is 49.4 Å². The Balaban J connectivity index is 1.94. The Morgan fingerprint density at radius 1 is 1.23 bits per heavy atom. The Morgan fingerprint density at radius 3 is 2.68 bits per heavy atom. The summed E-state index contributed by atoms with van der Waals surface area (Å²) >= 11 is 4.86. The van der Waals surface area contributed by atoms with Crippen molar-refractivity contribution in [3.05, 3.63) is 68.4 Å². The highest BCUT2D eigenvalue weighted by Gasteiger charge is 2.10. The molecular formula is C16H14BrN3OS. The fraction of sp³-hybridized carbons (Fsp3) is 0.125. The SMILES string of the molecule is Cc1ccc2nc(SCc3ccc(Br)cc3)n(N)c(=O)c2c1. The quantitative estimate of drug-likeness (QED) is 0.432. The number of halogens is 1. The van der Waals surface area contributed by atoms with Crippen LogP contribution in [0.2, 0.25) is 0 Å². The van der Waals surface area contributed by atoms with E-state index in [1.54, 1.807) is 0 Å². The number of hydrogen-bond donors (Lipinski definition) is 1. The molecule has 3 rings (SSSR count). The number of rotatable bonds is 3. The van der Waals surface area contributed by atoms with E-state index in [2.05, 4.69) is 20.9 Å². The van der Waals surface area contributed by atoms with E-state index in [-0.39, 0.29) is 5.56 Å². The predicted octanol–water partition coefficient (Wildman–Crippen LogP) is 3.47. The Bertz CT molecular complexity index is 890. The van der Waals surface area contributed by atoms with E-state index in [4.69, 9.17) is 5.84 Å². The van der Waals surface area contributed by atoms with Crippen LogP contribution in [-0.4, -0.2) is 9.66 Å². The Hall–Kier alpha value is -1.79. The van der Waals surface area contributed by atoms with Gasteiger partial charge in [-0.2, -0.15) is 0 Å². The van der Waals surface area contributed by atoms with Crippen LogP contribution in [0.25, 0.3) is 10.9 Å². The summed E-state index contributed by atoms with van der Waals surface area (Å²) in [5, 5.41) is 1.07. The summed E-state index contributed by atoms with van der Waals surface area (Å²) in [6.45, 7) is 1.94. The van der Waals surface area contributed by atoms with Gasteiger partial charge in [-0.3, -0.25) is 4.79 Å². The summed E-state index contributed by atoms with van der Waals surface area (Å²) in [5.41, 5.74) is 2.62. The molecule has 2 aromatic carbocycles. The van der Waals surface area contributed by atoms with Crippen molar-refractivity contribution in [1.82, 2.24) is 9.66 Å². The van der Waals surface area contributed by atoms with Gasteiger partial charge >= 0.3 is 0 Å². The Labute approximate surface area is 140 Å². The number of aryl methyl sites for hydroxylation is 1. The maximum atomic E-state index is 12.3. The Morgan fingerprint density at radius 2 is 1.95 bits per heavy atom. The number of benzene rings is 2. The lowest BCUT2D eigenvalue weighted by Gasteiger charge is -2.09. The lowest BCUT2D eigenvalue weighted by atomic mass is 10.2. The van der Waals surface area contributed by atoms with Gasteiger partial charge < -0.3 is 5.84 Å². The minimum absolute atomic E-state index is 0.216. The van der Waals surface area contributed by atoms with Crippen molar-refractivity contribution in [3.63, 3.8) is 0 Å². The standard InChI is InChI=1S/C16H14BrN3OS/c1-10-2-7-14-13(8-10)15(21)20(18)16(19-14)22-9-11-3-5-12(17)6-4-11/h2-8H,9,18H2,1H3. The second-order valence-corrected chi connectivity index (χ2v) is 6.86. The van der Waals surface area contributed by atoms with Gasteiger partial charge in [0.05, 0.1) is 10.9 Å². The molecule has 0 fully saturated rings. The zero-order valence-electron chi connectivity index (χ0n) is 11.9. The van der Waals surface area contributed by atoms with Crippen molar-refractivity contribution in [2.45, 2.75) is 17.8 Å². The number of aromatic nitrogens is 2. The second-order valence-electron chi connectivity index (χ2n) is 5.01. The molecule has 0 amide bonds. The first-order valence-electron chi connectivity index (χ1n) is 6.70. The number of fused-ring (bicyclic) bond motifs is 1. The fourth-order valence-corrected chi connectivity index (χ4v) is 3.26. The molecule has 0 bridgehead atoms. The van der Waals surface area contributed by atoms with Gasteiger partial charge in [0, 0.05) is 10.2 Å². The molecule has 6 heteroatoms. The van der Waals surface area contributed by atoms with Crippen molar-refractivity contribution < 1.29 is 0 Å². The van der Waals surface area contributed by atoms with Gasteiger partial charge in [-0.1, -0.05) is 51.5 Å². The molecule has 0 aliphatic carbocycles. The third-order valence-electron chi connectivity index (χ3n) is 3.30. The van der Waals surface area contributed by atoms with Crippen LogP contribution in [0.5, 0.6) is 0 Å². The van der Waals surface area contributed by atoms with E-state index in [0.29, 0.717) is 21.8 Å². The molecule has 0 saturated carbocycles. The number of nitrogen functional groups attached to an aromatic ring is 1. The van der Waals surface area contributed by atoms with Gasteiger partial charge in [-0.05, 0) is 36.8 Å². The third-order valence-corrected chi connectivity index (χ3v) is 4.86. The molecular weight excluding hydrogens is 362 g/mol. The highest BCUT2D eigenvalue weighted by molar-refractivity contribution is 9.10. The van der Waals surface area contributed by atoms with Crippen molar-refractivity contribution in [3.8, 4) is 0 Å². The molecule has 0 radical (unpaired) electrons. The molecule has 0 aliphatic heterocycles. The maximum Gasteiger partial charge on any atom is 0.280 e. The summed E-state index contributed by atoms with van der Waals surface area (Å²) in [5.74, 6) is 6.60. The fourth-order valence-electron chi connectivity index (χ4n) is 2.12.